The molecule has 0 aromatic heterocycles. The molecule has 6 nitrogen and oxygen atoms in total. The first-order valence-electron chi connectivity index (χ1n) is 5.99. The fraction of sp³-hybridized carbons (Fsp3) is 0.833. The van der Waals surface area contributed by atoms with Crippen molar-refractivity contribution < 1.29 is 24.5 Å². The van der Waals surface area contributed by atoms with Gasteiger partial charge in [-0.2, -0.15) is 0 Å². The lowest BCUT2D eigenvalue weighted by Crippen LogP contribution is -2.75. The van der Waals surface area contributed by atoms with E-state index in [2.05, 4.69) is 0 Å². The molecule has 1 heterocycles. The minimum atomic E-state index is -1.33. The molecule has 6 heteroatoms. The lowest BCUT2D eigenvalue weighted by molar-refractivity contribution is -0.188. The molecule has 2 atom stereocenters. The highest BCUT2D eigenvalue weighted by molar-refractivity contribution is 5.73. The van der Waals surface area contributed by atoms with Crippen LogP contribution in [0, 0.1) is 5.41 Å². The van der Waals surface area contributed by atoms with Gasteiger partial charge in [0.1, 0.15) is 5.60 Å². The Labute approximate surface area is 107 Å². The molecule has 0 spiro atoms. The molecule has 104 valence electrons. The third-order valence-electron chi connectivity index (χ3n) is 3.09. The fourth-order valence-electron chi connectivity index (χ4n) is 2.72. The maximum Gasteiger partial charge on any atom is 0.407 e. The van der Waals surface area contributed by atoms with Gasteiger partial charge in [-0.15, -0.1) is 0 Å². The topological polar surface area (TPSA) is 87.1 Å². The molecule has 0 radical (unpaired) electrons. The predicted molar refractivity (Wildman–Crippen MR) is 64.2 cm³/mol. The van der Waals surface area contributed by atoms with Gasteiger partial charge in [-0.3, -0.25) is 9.69 Å². The summed E-state index contributed by atoms with van der Waals surface area (Å²) in [4.78, 5) is 23.7. The first kappa shape index (κ1) is 14.8. The Morgan fingerprint density at radius 2 is 2.00 bits per heavy atom. The molecule has 1 saturated heterocycles. The van der Waals surface area contributed by atoms with Crippen LogP contribution in [0.15, 0.2) is 0 Å². The first-order valence-corrected chi connectivity index (χ1v) is 5.99. The van der Waals surface area contributed by atoms with Gasteiger partial charge in [0.2, 0.25) is 0 Å². The lowest BCUT2D eigenvalue weighted by atomic mass is 9.68. The van der Waals surface area contributed by atoms with Crippen molar-refractivity contribution in [3.05, 3.63) is 0 Å². The fourth-order valence-corrected chi connectivity index (χ4v) is 2.72. The number of hydrogen-bond donors (Lipinski definition) is 2. The summed E-state index contributed by atoms with van der Waals surface area (Å²) in [5, 5.41) is 19.5. The second kappa shape index (κ2) is 4.76. The van der Waals surface area contributed by atoms with E-state index in [0.29, 0.717) is 0 Å². The van der Waals surface area contributed by atoms with E-state index in [0.717, 1.165) is 0 Å². The van der Waals surface area contributed by atoms with Crippen molar-refractivity contribution in [2.75, 3.05) is 13.2 Å². The number of β-amino-alcohol motifs (C(OH)–C–C–N with tert-alkyl or cyclic N) is 1. The van der Waals surface area contributed by atoms with Crippen LogP contribution >= 0.6 is 0 Å². The Kier molecular flexibility index (Phi) is 3.90. The van der Waals surface area contributed by atoms with Crippen molar-refractivity contribution >= 4 is 12.1 Å². The number of nitrogens with zero attached hydrogens (tertiary/aromatic N) is 1. The molecular weight excluding hydrogens is 238 g/mol. The SMILES string of the molecule is CCOC(=O)CC1(O)CN(C(=O)O)C1C(C)(C)C. The average molecular weight is 259 g/mol. The summed E-state index contributed by atoms with van der Waals surface area (Å²) in [6.45, 7) is 7.39. The smallest absolute Gasteiger partial charge is 0.407 e. The number of carboxylic acid groups (broad SMARTS) is 1. The minimum absolute atomic E-state index is 0.0525. The van der Waals surface area contributed by atoms with Crippen molar-refractivity contribution in [1.82, 2.24) is 4.90 Å². The van der Waals surface area contributed by atoms with E-state index in [-0.39, 0.29) is 19.6 Å². The van der Waals surface area contributed by atoms with Gasteiger partial charge >= 0.3 is 12.1 Å². The number of aliphatic hydroxyl groups is 1. The molecule has 0 aromatic rings. The highest BCUT2D eigenvalue weighted by Gasteiger charge is 2.59. The first-order chi connectivity index (χ1) is 8.12. The van der Waals surface area contributed by atoms with Crippen LogP contribution in [0.2, 0.25) is 0 Å². The van der Waals surface area contributed by atoms with E-state index in [1.54, 1.807) is 6.92 Å². The van der Waals surface area contributed by atoms with Crippen LogP contribution in [0.5, 0.6) is 0 Å². The average Bonchev–Trinajstić information content (AvgIpc) is 2.11. The Hall–Kier alpha value is -1.30. The Morgan fingerprint density at radius 1 is 1.44 bits per heavy atom. The van der Waals surface area contributed by atoms with Gasteiger partial charge in [0.25, 0.3) is 0 Å². The van der Waals surface area contributed by atoms with Gasteiger partial charge in [0.15, 0.2) is 0 Å². The van der Waals surface area contributed by atoms with Crippen molar-refractivity contribution in [3.8, 4) is 0 Å². The summed E-state index contributed by atoms with van der Waals surface area (Å²) in [5.41, 5.74) is -1.78. The second-order valence-corrected chi connectivity index (χ2v) is 5.76. The highest BCUT2D eigenvalue weighted by atomic mass is 16.5. The van der Waals surface area contributed by atoms with E-state index < -0.39 is 29.1 Å². The van der Waals surface area contributed by atoms with Crippen LogP contribution in [-0.2, 0) is 9.53 Å². The quantitative estimate of drug-likeness (QED) is 0.740. The number of rotatable bonds is 3. The minimum Gasteiger partial charge on any atom is -0.466 e. The van der Waals surface area contributed by atoms with E-state index in [1.807, 2.05) is 20.8 Å². The Bertz CT molecular complexity index is 349. The van der Waals surface area contributed by atoms with E-state index in [1.165, 1.54) is 4.90 Å². The van der Waals surface area contributed by atoms with Crippen molar-refractivity contribution in [2.45, 2.75) is 45.8 Å². The van der Waals surface area contributed by atoms with E-state index in [4.69, 9.17) is 9.84 Å². The van der Waals surface area contributed by atoms with Crippen LogP contribution in [0.25, 0.3) is 0 Å². The van der Waals surface area contributed by atoms with Gasteiger partial charge in [-0.05, 0) is 12.3 Å². The van der Waals surface area contributed by atoms with Crippen molar-refractivity contribution in [2.24, 2.45) is 5.41 Å². The molecule has 2 N–H and O–H groups in total. The van der Waals surface area contributed by atoms with Gasteiger partial charge < -0.3 is 14.9 Å². The van der Waals surface area contributed by atoms with E-state index >= 15 is 0 Å². The molecule has 18 heavy (non-hydrogen) atoms. The van der Waals surface area contributed by atoms with Gasteiger partial charge in [0.05, 0.1) is 25.6 Å². The molecule has 0 aliphatic carbocycles. The maximum atomic E-state index is 11.5. The van der Waals surface area contributed by atoms with Gasteiger partial charge in [0, 0.05) is 0 Å². The van der Waals surface area contributed by atoms with Crippen LogP contribution in [-0.4, -0.2) is 52.0 Å². The number of amides is 1. The Balaban J connectivity index is 2.83. The summed E-state index contributed by atoms with van der Waals surface area (Å²) in [7, 11) is 0. The molecule has 1 rings (SSSR count). The summed E-state index contributed by atoms with van der Waals surface area (Å²) in [6.07, 6.45) is -1.25. The molecule has 0 saturated carbocycles. The van der Waals surface area contributed by atoms with E-state index in [9.17, 15) is 14.7 Å². The molecular formula is C12H21NO5. The standard InChI is InChI=1S/C12H21NO5/c1-5-18-8(14)6-12(17)7-13(10(15)16)9(12)11(2,3)4/h9,17H,5-7H2,1-4H3,(H,15,16). The highest BCUT2D eigenvalue weighted by Crippen LogP contribution is 2.43. The Morgan fingerprint density at radius 3 is 2.39 bits per heavy atom. The number of ether oxygens (including phenoxy) is 1. The molecule has 1 fully saturated rings. The number of hydrogen-bond acceptors (Lipinski definition) is 4. The zero-order valence-electron chi connectivity index (χ0n) is 11.3. The zero-order chi connectivity index (χ0) is 14.1. The normalized spacial score (nSPS) is 27.6. The maximum absolute atomic E-state index is 11.5. The van der Waals surface area contributed by atoms with Gasteiger partial charge in [-0.25, -0.2) is 4.79 Å². The van der Waals surface area contributed by atoms with Crippen LogP contribution in [0.4, 0.5) is 4.79 Å². The third kappa shape index (κ3) is 2.75. The summed E-state index contributed by atoms with van der Waals surface area (Å²) in [6, 6.07) is -0.605. The predicted octanol–water partition coefficient (Wildman–Crippen LogP) is 1.08. The van der Waals surface area contributed by atoms with Crippen molar-refractivity contribution in [3.63, 3.8) is 0 Å². The second-order valence-electron chi connectivity index (χ2n) is 5.76. The zero-order valence-corrected chi connectivity index (χ0v) is 11.3. The van der Waals surface area contributed by atoms with Gasteiger partial charge in [-0.1, -0.05) is 20.8 Å². The molecule has 1 amide bonds. The number of carbonyl (C=O) groups excluding carboxylic acids is 1. The largest absolute Gasteiger partial charge is 0.466 e. The summed E-state index contributed by atoms with van der Waals surface area (Å²) >= 11 is 0. The molecule has 0 bridgehead atoms. The third-order valence-corrected chi connectivity index (χ3v) is 3.09. The number of likely N-dealkylation sites (tertiary alicyclic amines) is 1. The molecule has 1 aliphatic rings. The van der Waals surface area contributed by atoms with Crippen molar-refractivity contribution in [1.29, 1.82) is 0 Å². The van der Waals surface area contributed by atoms with Crippen LogP contribution in [0.3, 0.4) is 0 Å². The molecule has 1 aliphatic heterocycles. The number of carbonyl (C=O) groups is 2. The lowest BCUT2D eigenvalue weighted by Gasteiger charge is -2.57. The molecule has 2 unspecified atom stereocenters. The summed E-state index contributed by atoms with van der Waals surface area (Å²) < 4.78 is 4.81. The molecule has 0 aromatic carbocycles. The summed E-state index contributed by atoms with van der Waals surface area (Å²) in [5.74, 6) is -0.501. The van der Waals surface area contributed by atoms with Crippen LogP contribution < -0.4 is 0 Å². The monoisotopic (exact) mass is 259 g/mol. The number of esters is 1. The van der Waals surface area contributed by atoms with Crippen LogP contribution in [0.1, 0.15) is 34.1 Å².